The molecule has 5 nitrogen and oxygen atoms in total. The van der Waals surface area contributed by atoms with Crippen molar-refractivity contribution in [3.8, 4) is 11.5 Å². The Morgan fingerprint density at radius 1 is 1.06 bits per heavy atom. The average Bonchev–Trinajstić information content (AvgIpc) is 3.32. The zero-order valence-corrected chi connectivity index (χ0v) is 21.4. The Labute approximate surface area is 219 Å². The van der Waals surface area contributed by atoms with Gasteiger partial charge in [-0.25, -0.2) is 4.98 Å². The molecule has 0 saturated carbocycles. The van der Waals surface area contributed by atoms with E-state index < -0.39 is 0 Å². The van der Waals surface area contributed by atoms with E-state index in [1.54, 1.807) is 18.2 Å². The summed E-state index contributed by atoms with van der Waals surface area (Å²) in [6, 6.07) is 24.8. The number of benzene rings is 4. The Kier molecular flexibility index (Phi) is 6.72. The van der Waals surface area contributed by atoms with E-state index in [9.17, 15) is 4.79 Å². The highest BCUT2D eigenvalue weighted by Crippen LogP contribution is 2.32. The second kappa shape index (κ2) is 10.1. The van der Waals surface area contributed by atoms with Crippen LogP contribution < -0.4 is 10.6 Å². The number of thiocarbonyl (C=S) groups is 1. The minimum absolute atomic E-state index is 0.141. The van der Waals surface area contributed by atoms with E-state index in [2.05, 4.69) is 41.6 Å². The van der Waals surface area contributed by atoms with Crippen molar-refractivity contribution in [2.75, 3.05) is 5.32 Å². The first-order valence-electron chi connectivity index (χ1n) is 11.7. The fourth-order valence-corrected chi connectivity index (χ4v) is 4.48. The van der Waals surface area contributed by atoms with E-state index in [0.29, 0.717) is 28.1 Å². The van der Waals surface area contributed by atoms with Gasteiger partial charge in [0.1, 0.15) is 5.52 Å². The lowest BCUT2D eigenvalue weighted by Crippen LogP contribution is -2.34. The number of hydrogen-bond acceptors (Lipinski definition) is 4. The molecule has 4 aromatic carbocycles. The van der Waals surface area contributed by atoms with Gasteiger partial charge in [0.05, 0.1) is 10.7 Å². The Morgan fingerprint density at radius 2 is 1.86 bits per heavy atom. The molecule has 1 heterocycles. The zero-order valence-electron chi connectivity index (χ0n) is 19.8. The number of carbonyl (C=O) groups is 1. The van der Waals surface area contributed by atoms with Crippen LogP contribution in [0.15, 0.2) is 83.3 Å². The van der Waals surface area contributed by atoms with Crippen LogP contribution in [0.1, 0.15) is 42.1 Å². The van der Waals surface area contributed by atoms with Gasteiger partial charge in [-0.15, -0.1) is 0 Å². The molecule has 0 saturated heterocycles. The fraction of sp³-hybridized carbons (Fsp3) is 0.138. The van der Waals surface area contributed by atoms with E-state index in [4.69, 9.17) is 28.2 Å². The first kappa shape index (κ1) is 24.0. The summed E-state index contributed by atoms with van der Waals surface area (Å²) in [5.74, 6) is 0.635. The van der Waals surface area contributed by atoms with E-state index in [1.165, 1.54) is 5.56 Å². The number of fused-ring (bicyclic) bond motifs is 2. The quantitative estimate of drug-likeness (QED) is 0.233. The molecular formula is C29H24ClN3O2S. The van der Waals surface area contributed by atoms with Gasteiger partial charge in [0.25, 0.3) is 5.91 Å². The molecule has 0 aliphatic carbocycles. The molecule has 7 heteroatoms. The number of anilines is 1. The predicted molar refractivity (Wildman–Crippen MR) is 151 cm³/mol. The molecule has 0 aliphatic heterocycles. The molecule has 0 aliphatic rings. The largest absolute Gasteiger partial charge is 0.436 e. The summed E-state index contributed by atoms with van der Waals surface area (Å²) in [6.07, 6.45) is 1.05. The van der Waals surface area contributed by atoms with Crippen molar-refractivity contribution in [1.82, 2.24) is 10.3 Å². The number of hydrogen-bond donors (Lipinski definition) is 2. The molecule has 0 spiro atoms. The molecule has 2 N–H and O–H groups in total. The minimum atomic E-state index is -0.298. The van der Waals surface area contributed by atoms with Crippen LogP contribution in [-0.4, -0.2) is 16.0 Å². The van der Waals surface area contributed by atoms with Crippen LogP contribution in [0.25, 0.3) is 33.3 Å². The predicted octanol–water partition coefficient (Wildman–Crippen LogP) is 7.94. The summed E-state index contributed by atoms with van der Waals surface area (Å²) in [6.45, 7) is 4.36. The van der Waals surface area contributed by atoms with Gasteiger partial charge in [0, 0.05) is 11.1 Å². The minimum Gasteiger partial charge on any atom is -0.436 e. The third-order valence-corrected chi connectivity index (χ3v) is 6.85. The van der Waals surface area contributed by atoms with E-state index >= 15 is 0 Å². The van der Waals surface area contributed by atoms with Gasteiger partial charge in [0.2, 0.25) is 5.89 Å². The lowest BCUT2D eigenvalue weighted by Gasteiger charge is -2.12. The van der Waals surface area contributed by atoms with Crippen LogP contribution in [0, 0.1) is 0 Å². The van der Waals surface area contributed by atoms with Crippen molar-refractivity contribution in [1.29, 1.82) is 0 Å². The number of nitrogens with one attached hydrogen (secondary N) is 2. The number of oxazole rings is 1. The van der Waals surface area contributed by atoms with Crippen LogP contribution in [0.4, 0.5) is 5.69 Å². The van der Waals surface area contributed by atoms with Crippen molar-refractivity contribution < 1.29 is 9.21 Å². The third kappa shape index (κ3) is 4.83. The number of nitrogens with zero attached hydrogens (tertiary/aromatic N) is 1. The molecule has 1 aromatic heterocycles. The van der Waals surface area contributed by atoms with Gasteiger partial charge in [-0.1, -0.05) is 67.9 Å². The van der Waals surface area contributed by atoms with Crippen LogP contribution in [0.3, 0.4) is 0 Å². The molecule has 0 unspecified atom stereocenters. The normalized spacial score (nSPS) is 12.0. The summed E-state index contributed by atoms with van der Waals surface area (Å²) < 4.78 is 6.00. The number of amides is 1. The summed E-state index contributed by atoms with van der Waals surface area (Å²) in [7, 11) is 0. The number of rotatable bonds is 5. The summed E-state index contributed by atoms with van der Waals surface area (Å²) >= 11 is 11.8. The smallest absolute Gasteiger partial charge is 0.258 e. The van der Waals surface area contributed by atoms with E-state index in [-0.39, 0.29) is 11.0 Å². The highest BCUT2D eigenvalue weighted by Gasteiger charge is 2.15. The van der Waals surface area contributed by atoms with Gasteiger partial charge in [0.15, 0.2) is 10.7 Å². The maximum absolute atomic E-state index is 12.9. The summed E-state index contributed by atoms with van der Waals surface area (Å²) in [5.41, 5.74) is 4.59. The SMILES string of the molecule is CC[C@@H](C)c1ccc2oc(-c3ccc(Cl)c(NC(=S)NC(=O)c4cccc5ccccc45)c3)nc2c1. The van der Waals surface area contributed by atoms with Crippen LogP contribution in [-0.2, 0) is 0 Å². The molecule has 1 amide bonds. The standard InChI is InChI=1S/C29H24ClN3O2S/c1-3-17(2)19-12-14-26-25(15-19)31-28(35-26)20-11-13-23(30)24(16-20)32-29(36)33-27(34)22-10-6-8-18-7-4-5-9-21(18)22/h4-17H,3H2,1-2H3,(H2,32,33,34,36)/t17-/m1/s1. The van der Waals surface area contributed by atoms with Crippen molar-refractivity contribution in [2.45, 2.75) is 26.2 Å². The Morgan fingerprint density at radius 3 is 2.69 bits per heavy atom. The second-order valence-electron chi connectivity index (χ2n) is 8.69. The fourth-order valence-electron chi connectivity index (χ4n) is 4.11. The topological polar surface area (TPSA) is 67.2 Å². The molecule has 1 atom stereocenters. The Balaban J connectivity index is 1.36. The number of aromatic nitrogens is 1. The summed E-state index contributed by atoms with van der Waals surface area (Å²) in [4.78, 5) is 17.6. The molecule has 5 rings (SSSR count). The first-order chi connectivity index (χ1) is 17.4. The molecule has 5 aromatic rings. The van der Waals surface area contributed by atoms with Crippen molar-refractivity contribution in [3.63, 3.8) is 0 Å². The van der Waals surface area contributed by atoms with E-state index in [0.717, 1.165) is 33.9 Å². The monoisotopic (exact) mass is 513 g/mol. The maximum atomic E-state index is 12.9. The van der Waals surface area contributed by atoms with E-state index in [1.807, 2.05) is 48.5 Å². The summed E-state index contributed by atoms with van der Waals surface area (Å²) in [5, 5.41) is 8.21. The van der Waals surface area contributed by atoms with Crippen molar-refractivity contribution in [3.05, 3.63) is 95.0 Å². The Bertz CT molecular complexity index is 1610. The molecule has 0 bridgehead atoms. The van der Waals surface area contributed by atoms with Gasteiger partial charge in [-0.05, 0) is 77.3 Å². The van der Waals surface area contributed by atoms with Crippen LogP contribution >= 0.6 is 23.8 Å². The number of halogens is 1. The van der Waals surface area contributed by atoms with Crippen LogP contribution in [0.2, 0.25) is 5.02 Å². The van der Waals surface area contributed by atoms with Crippen molar-refractivity contribution in [2.24, 2.45) is 0 Å². The molecule has 36 heavy (non-hydrogen) atoms. The average molecular weight is 514 g/mol. The first-order valence-corrected chi connectivity index (χ1v) is 12.5. The number of carbonyl (C=O) groups excluding carboxylic acids is 1. The highest BCUT2D eigenvalue weighted by molar-refractivity contribution is 7.80. The molecular weight excluding hydrogens is 490 g/mol. The highest BCUT2D eigenvalue weighted by atomic mass is 35.5. The van der Waals surface area contributed by atoms with Gasteiger partial charge in [-0.3, -0.25) is 10.1 Å². The van der Waals surface area contributed by atoms with Gasteiger partial charge in [-0.2, -0.15) is 0 Å². The van der Waals surface area contributed by atoms with Crippen LogP contribution in [0.5, 0.6) is 0 Å². The third-order valence-electron chi connectivity index (χ3n) is 6.32. The second-order valence-corrected chi connectivity index (χ2v) is 9.50. The molecule has 0 fully saturated rings. The molecule has 180 valence electrons. The lowest BCUT2D eigenvalue weighted by molar-refractivity contribution is 0.0979. The van der Waals surface area contributed by atoms with Crippen molar-refractivity contribution >= 4 is 62.4 Å². The Hall–Kier alpha value is -3.74. The van der Waals surface area contributed by atoms with Gasteiger partial charge < -0.3 is 9.73 Å². The zero-order chi connectivity index (χ0) is 25.2. The van der Waals surface area contributed by atoms with Gasteiger partial charge >= 0.3 is 0 Å². The molecule has 0 radical (unpaired) electrons. The lowest BCUT2D eigenvalue weighted by atomic mass is 9.98. The maximum Gasteiger partial charge on any atom is 0.258 e.